The topological polar surface area (TPSA) is 52.7 Å². The standard InChI is InChI=1S/C15H25N3O2S/c1-13-5-9-15(10-6-13)18(3)21(19,20)17(2)12-4-11-16-14-7-8-14/h5-6,9-10,14,16H,4,7-8,11-12H2,1-3H3. The Morgan fingerprint density at radius 2 is 1.81 bits per heavy atom. The summed E-state index contributed by atoms with van der Waals surface area (Å²) in [5.41, 5.74) is 1.80. The van der Waals surface area contributed by atoms with Crippen molar-refractivity contribution < 1.29 is 8.42 Å². The minimum Gasteiger partial charge on any atom is -0.314 e. The van der Waals surface area contributed by atoms with Crippen molar-refractivity contribution in [2.75, 3.05) is 31.5 Å². The number of rotatable bonds is 8. The Kier molecular flexibility index (Phi) is 5.24. The van der Waals surface area contributed by atoms with Gasteiger partial charge in [-0.15, -0.1) is 0 Å². The van der Waals surface area contributed by atoms with Crippen LogP contribution >= 0.6 is 0 Å². The van der Waals surface area contributed by atoms with Crippen molar-refractivity contribution in [3.8, 4) is 0 Å². The predicted octanol–water partition coefficient (Wildman–Crippen LogP) is 1.75. The van der Waals surface area contributed by atoms with Gasteiger partial charge in [0.05, 0.1) is 5.69 Å². The lowest BCUT2D eigenvalue weighted by molar-refractivity contribution is 0.452. The fourth-order valence-electron chi connectivity index (χ4n) is 2.11. The molecule has 5 nitrogen and oxygen atoms in total. The summed E-state index contributed by atoms with van der Waals surface area (Å²) in [6.45, 7) is 3.38. The summed E-state index contributed by atoms with van der Waals surface area (Å²) >= 11 is 0. The number of hydrogen-bond donors (Lipinski definition) is 1. The van der Waals surface area contributed by atoms with Crippen LogP contribution in [0.2, 0.25) is 0 Å². The maximum Gasteiger partial charge on any atom is 0.303 e. The van der Waals surface area contributed by atoms with E-state index >= 15 is 0 Å². The van der Waals surface area contributed by atoms with Gasteiger partial charge in [-0.05, 0) is 44.9 Å². The molecule has 0 spiro atoms. The molecule has 0 heterocycles. The van der Waals surface area contributed by atoms with E-state index in [0.717, 1.165) is 18.5 Å². The Labute approximate surface area is 128 Å². The molecule has 1 aromatic carbocycles. The fraction of sp³-hybridized carbons (Fsp3) is 0.600. The highest BCUT2D eigenvalue weighted by Gasteiger charge is 2.24. The zero-order valence-electron chi connectivity index (χ0n) is 13.0. The third kappa shape index (κ3) is 4.43. The molecule has 21 heavy (non-hydrogen) atoms. The average molecular weight is 311 g/mol. The van der Waals surface area contributed by atoms with Crippen molar-refractivity contribution in [3.05, 3.63) is 29.8 Å². The van der Waals surface area contributed by atoms with Gasteiger partial charge in [-0.2, -0.15) is 12.7 Å². The SMILES string of the molecule is Cc1ccc(N(C)S(=O)(=O)N(C)CCCNC2CC2)cc1. The van der Waals surface area contributed by atoms with Crippen LogP contribution in [0.15, 0.2) is 24.3 Å². The molecule has 1 aliphatic carbocycles. The van der Waals surface area contributed by atoms with E-state index in [0.29, 0.717) is 18.3 Å². The van der Waals surface area contributed by atoms with E-state index in [1.165, 1.54) is 21.5 Å². The Balaban J connectivity index is 1.89. The molecule has 118 valence electrons. The molecule has 0 amide bonds. The molecule has 0 saturated heterocycles. The van der Waals surface area contributed by atoms with E-state index in [9.17, 15) is 8.42 Å². The third-order valence-corrected chi connectivity index (χ3v) is 5.67. The summed E-state index contributed by atoms with van der Waals surface area (Å²) in [5.74, 6) is 0. The highest BCUT2D eigenvalue weighted by atomic mass is 32.2. The second-order valence-corrected chi connectivity index (χ2v) is 7.78. The summed E-state index contributed by atoms with van der Waals surface area (Å²) < 4.78 is 27.7. The molecule has 0 bridgehead atoms. The third-order valence-electron chi connectivity index (χ3n) is 3.80. The van der Waals surface area contributed by atoms with Gasteiger partial charge < -0.3 is 5.32 Å². The summed E-state index contributed by atoms with van der Waals surface area (Å²) in [6, 6.07) is 8.16. The van der Waals surface area contributed by atoms with E-state index < -0.39 is 10.2 Å². The van der Waals surface area contributed by atoms with Gasteiger partial charge in [0.25, 0.3) is 0 Å². The number of aryl methyl sites for hydroxylation is 1. The lowest BCUT2D eigenvalue weighted by Gasteiger charge is -2.26. The number of nitrogens with one attached hydrogen (secondary N) is 1. The molecule has 1 aliphatic rings. The van der Waals surface area contributed by atoms with Crippen molar-refractivity contribution in [2.45, 2.75) is 32.2 Å². The van der Waals surface area contributed by atoms with Gasteiger partial charge in [0.2, 0.25) is 0 Å². The number of anilines is 1. The maximum absolute atomic E-state index is 12.5. The second kappa shape index (κ2) is 6.77. The van der Waals surface area contributed by atoms with E-state index in [-0.39, 0.29) is 0 Å². The Morgan fingerprint density at radius 3 is 2.38 bits per heavy atom. The zero-order valence-corrected chi connectivity index (χ0v) is 13.9. The van der Waals surface area contributed by atoms with E-state index in [1.54, 1.807) is 14.1 Å². The van der Waals surface area contributed by atoms with Crippen LogP contribution < -0.4 is 9.62 Å². The van der Waals surface area contributed by atoms with Crippen LogP contribution in [0.1, 0.15) is 24.8 Å². The van der Waals surface area contributed by atoms with E-state index in [4.69, 9.17) is 0 Å². The van der Waals surface area contributed by atoms with Crippen LogP contribution in [0.25, 0.3) is 0 Å². The Morgan fingerprint density at radius 1 is 1.19 bits per heavy atom. The molecule has 0 radical (unpaired) electrons. The molecule has 0 aliphatic heterocycles. The molecule has 1 N–H and O–H groups in total. The van der Waals surface area contributed by atoms with Crippen molar-refractivity contribution in [3.63, 3.8) is 0 Å². The van der Waals surface area contributed by atoms with Gasteiger partial charge in [0, 0.05) is 26.7 Å². The summed E-state index contributed by atoms with van der Waals surface area (Å²) in [4.78, 5) is 0. The maximum atomic E-state index is 12.5. The predicted molar refractivity (Wildman–Crippen MR) is 86.8 cm³/mol. The van der Waals surface area contributed by atoms with Crippen LogP contribution in [0.3, 0.4) is 0 Å². The van der Waals surface area contributed by atoms with Crippen molar-refractivity contribution in [1.29, 1.82) is 0 Å². The van der Waals surface area contributed by atoms with E-state index in [2.05, 4.69) is 5.32 Å². The quantitative estimate of drug-likeness (QED) is 0.744. The Hall–Kier alpha value is -1.11. The van der Waals surface area contributed by atoms with Crippen molar-refractivity contribution in [2.24, 2.45) is 0 Å². The first-order chi connectivity index (χ1) is 9.91. The molecule has 0 unspecified atom stereocenters. The zero-order chi connectivity index (χ0) is 15.5. The first-order valence-electron chi connectivity index (χ1n) is 7.41. The Bertz CT molecular complexity index is 553. The van der Waals surface area contributed by atoms with Gasteiger partial charge in [0.1, 0.15) is 0 Å². The molecule has 2 rings (SSSR count). The summed E-state index contributed by atoms with van der Waals surface area (Å²) in [6.07, 6.45) is 3.34. The molecule has 0 aromatic heterocycles. The van der Waals surface area contributed by atoms with Crippen LogP contribution in [0.4, 0.5) is 5.69 Å². The molecular formula is C15H25N3O2S. The van der Waals surface area contributed by atoms with Gasteiger partial charge in [0.15, 0.2) is 0 Å². The lowest BCUT2D eigenvalue weighted by atomic mass is 10.2. The first-order valence-corrected chi connectivity index (χ1v) is 8.81. The molecule has 0 atom stereocenters. The van der Waals surface area contributed by atoms with Gasteiger partial charge in [-0.1, -0.05) is 17.7 Å². The van der Waals surface area contributed by atoms with Crippen molar-refractivity contribution >= 4 is 15.9 Å². The lowest BCUT2D eigenvalue weighted by Crippen LogP contribution is -2.40. The molecule has 1 aromatic rings. The van der Waals surface area contributed by atoms with E-state index in [1.807, 2.05) is 31.2 Å². The normalized spacial score (nSPS) is 15.4. The molecule has 6 heteroatoms. The molecular weight excluding hydrogens is 286 g/mol. The summed E-state index contributed by atoms with van der Waals surface area (Å²) in [7, 11) is -0.219. The van der Waals surface area contributed by atoms with Crippen LogP contribution in [0.5, 0.6) is 0 Å². The van der Waals surface area contributed by atoms with Gasteiger partial charge in [-0.3, -0.25) is 4.31 Å². The average Bonchev–Trinajstić information content (AvgIpc) is 3.27. The smallest absolute Gasteiger partial charge is 0.303 e. The second-order valence-electron chi connectivity index (χ2n) is 5.71. The fourth-order valence-corrected chi connectivity index (χ4v) is 3.27. The van der Waals surface area contributed by atoms with Crippen molar-refractivity contribution in [1.82, 2.24) is 9.62 Å². The summed E-state index contributed by atoms with van der Waals surface area (Å²) in [5, 5.41) is 3.40. The number of benzene rings is 1. The van der Waals surface area contributed by atoms with Gasteiger partial charge in [-0.25, -0.2) is 0 Å². The van der Waals surface area contributed by atoms with Crippen LogP contribution in [-0.4, -0.2) is 45.9 Å². The largest absolute Gasteiger partial charge is 0.314 e. The minimum absolute atomic E-state index is 0.526. The molecule has 1 fully saturated rings. The highest BCUT2D eigenvalue weighted by Crippen LogP contribution is 2.19. The highest BCUT2D eigenvalue weighted by molar-refractivity contribution is 7.90. The van der Waals surface area contributed by atoms with Gasteiger partial charge >= 0.3 is 10.2 Å². The monoisotopic (exact) mass is 311 g/mol. The molecule has 1 saturated carbocycles. The van der Waals surface area contributed by atoms with Crippen LogP contribution in [0, 0.1) is 6.92 Å². The van der Waals surface area contributed by atoms with Crippen LogP contribution in [-0.2, 0) is 10.2 Å². The minimum atomic E-state index is -3.45. The first kappa shape index (κ1) is 16.3. The number of nitrogens with zero attached hydrogens (tertiary/aromatic N) is 2. The number of hydrogen-bond acceptors (Lipinski definition) is 3.